The van der Waals surface area contributed by atoms with Crippen molar-refractivity contribution in [2.45, 2.75) is 52.2 Å². The van der Waals surface area contributed by atoms with Crippen molar-refractivity contribution in [3.05, 3.63) is 58.6 Å². The zero-order valence-electron chi connectivity index (χ0n) is 20.8. The second-order valence-corrected chi connectivity index (χ2v) is 11.5. The van der Waals surface area contributed by atoms with E-state index in [9.17, 15) is 18.0 Å². The monoisotopic (exact) mass is 567 g/mol. The Bertz CT molecular complexity index is 1110. The van der Waals surface area contributed by atoms with Crippen molar-refractivity contribution in [2.75, 3.05) is 24.2 Å². The van der Waals surface area contributed by atoms with Gasteiger partial charge in [0.2, 0.25) is 21.8 Å². The van der Waals surface area contributed by atoms with Gasteiger partial charge in [0, 0.05) is 36.1 Å². The molecule has 0 saturated heterocycles. The normalized spacial score (nSPS) is 12.2. The number of benzene rings is 2. The molecule has 0 aromatic heterocycles. The Hall–Kier alpha value is -2.59. The molecule has 2 rings (SSSR count). The van der Waals surface area contributed by atoms with Gasteiger partial charge in [0.25, 0.3) is 0 Å². The van der Waals surface area contributed by atoms with E-state index < -0.39 is 16.1 Å². The number of nitrogens with one attached hydrogen (secondary N) is 1. The summed E-state index contributed by atoms with van der Waals surface area (Å²) in [5, 5.41) is 2.86. The molecule has 0 radical (unpaired) electrons. The molecule has 0 saturated carbocycles. The number of nitrogens with zero attached hydrogens (tertiary/aromatic N) is 2. The number of hydrogen-bond acceptors (Lipinski definition) is 5. The van der Waals surface area contributed by atoms with Crippen molar-refractivity contribution in [1.82, 2.24) is 10.2 Å². The molecular formula is C25H34BrN3O5S. The minimum absolute atomic E-state index is 0.0548. The van der Waals surface area contributed by atoms with Crippen LogP contribution in [0.15, 0.2) is 53.0 Å². The molecule has 10 heteroatoms. The van der Waals surface area contributed by atoms with Gasteiger partial charge in [0.1, 0.15) is 11.8 Å². The Balaban J connectivity index is 2.17. The average molecular weight is 569 g/mol. The molecule has 0 aliphatic heterocycles. The number of amides is 2. The highest BCUT2D eigenvalue weighted by molar-refractivity contribution is 9.10. The van der Waals surface area contributed by atoms with E-state index >= 15 is 0 Å². The van der Waals surface area contributed by atoms with Crippen LogP contribution in [0.4, 0.5) is 5.69 Å². The fourth-order valence-corrected chi connectivity index (χ4v) is 4.77. The molecule has 2 amide bonds. The standard InChI is InChI=1S/C25H34BrN3O5S/c1-18(2)27-25(31)19(3)28(17-20-11-13-21(26)14-12-20)24(30)10-7-15-29(35(5,32)33)22-8-6-9-23(16-22)34-4/h6,8-9,11-14,16,18-19H,7,10,15,17H2,1-5H3,(H,27,31)/t19-/m0/s1. The fourth-order valence-electron chi connectivity index (χ4n) is 3.54. The van der Waals surface area contributed by atoms with E-state index in [0.717, 1.165) is 16.3 Å². The summed E-state index contributed by atoms with van der Waals surface area (Å²) in [7, 11) is -2.06. The van der Waals surface area contributed by atoms with Crippen LogP contribution in [0.1, 0.15) is 39.2 Å². The summed E-state index contributed by atoms with van der Waals surface area (Å²) in [5.74, 6) is 0.0795. The van der Waals surface area contributed by atoms with Gasteiger partial charge in [-0.3, -0.25) is 13.9 Å². The fraction of sp³-hybridized carbons (Fsp3) is 0.440. The minimum Gasteiger partial charge on any atom is -0.497 e. The van der Waals surface area contributed by atoms with Crippen molar-refractivity contribution in [2.24, 2.45) is 0 Å². The van der Waals surface area contributed by atoms with Crippen LogP contribution < -0.4 is 14.4 Å². The third-order valence-corrected chi connectivity index (χ3v) is 7.08. The number of hydrogen-bond donors (Lipinski definition) is 1. The largest absolute Gasteiger partial charge is 0.497 e. The molecule has 8 nitrogen and oxygen atoms in total. The summed E-state index contributed by atoms with van der Waals surface area (Å²) in [6.45, 7) is 5.82. The maximum Gasteiger partial charge on any atom is 0.242 e. The third-order valence-electron chi connectivity index (χ3n) is 5.36. The summed E-state index contributed by atoms with van der Waals surface area (Å²) >= 11 is 3.41. The van der Waals surface area contributed by atoms with Gasteiger partial charge in [-0.2, -0.15) is 0 Å². The van der Waals surface area contributed by atoms with Crippen LogP contribution in [0.2, 0.25) is 0 Å². The Labute approximate surface area is 216 Å². The lowest BCUT2D eigenvalue weighted by Crippen LogP contribution is -2.49. The van der Waals surface area contributed by atoms with Gasteiger partial charge in [-0.05, 0) is 57.0 Å². The van der Waals surface area contributed by atoms with Gasteiger partial charge >= 0.3 is 0 Å². The maximum atomic E-state index is 13.3. The highest BCUT2D eigenvalue weighted by Gasteiger charge is 2.27. The van der Waals surface area contributed by atoms with Crippen molar-refractivity contribution in [3.63, 3.8) is 0 Å². The van der Waals surface area contributed by atoms with Gasteiger partial charge in [-0.15, -0.1) is 0 Å². The van der Waals surface area contributed by atoms with Crippen LogP contribution in [-0.2, 0) is 26.2 Å². The predicted octanol–water partition coefficient (Wildman–Crippen LogP) is 3.95. The molecule has 0 spiro atoms. The molecule has 0 heterocycles. The molecule has 0 aliphatic carbocycles. The first-order valence-electron chi connectivity index (χ1n) is 11.4. The zero-order valence-corrected chi connectivity index (χ0v) is 23.2. The number of methoxy groups -OCH3 is 1. The molecule has 2 aromatic rings. The van der Waals surface area contributed by atoms with Crippen molar-refractivity contribution >= 4 is 43.5 Å². The van der Waals surface area contributed by atoms with Gasteiger partial charge < -0.3 is 15.0 Å². The number of halogens is 1. The number of anilines is 1. The Morgan fingerprint density at radius 3 is 2.31 bits per heavy atom. The SMILES string of the molecule is COc1cccc(N(CCCC(=O)N(Cc2ccc(Br)cc2)[C@@H](C)C(=O)NC(C)C)S(C)(=O)=O)c1. The summed E-state index contributed by atoms with van der Waals surface area (Å²) in [6.07, 6.45) is 1.51. The smallest absolute Gasteiger partial charge is 0.242 e. The summed E-state index contributed by atoms with van der Waals surface area (Å²) in [4.78, 5) is 27.5. The molecule has 0 fully saturated rings. The number of rotatable bonds is 12. The number of sulfonamides is 1. The zero-order chi connectivity index (χ0) is 26.2. The van der Waals surface area contributed by atoms with E-state index in [4.69, 9.17) is 4.74 Å². The van der Waals surface area contributed by atoms with Crippen LogP contribution in [-0.4, -0.2) is 57.1 Å². The average Bonchev–Trinajstić information content (AvgIpc) is 2.79. The summed E-state index contributed by atoms with van der Waals surface area (Å²) < 4.78 is 32.3. The predicted molar refractivity (Wildman–Crippen MR) is 142 cm³/mol. The second-order valence-electron chi connectivity index (χ2n) is 8.63. The molecular weight excluding hydrogens is 534 g/mol. The van der Waals surface area contributed by atoms with Crippen LogP contribution in [0, 0.1) is 0 Å². The summed E-state index contributed by atoms with van der Waals surface area (Å²) in [5.41, 5.74) is 1.36. The lowest BCUT2D eigenvalue weighted by atomic mass is 10.1. The molecule has 1 atom stereocenters. The van der Waals surface area contributed by atoms with Crippen LogP contribution in [0.5, 0.6) is 5.75 Å². The lowest BCUT2D eigenvalue weighted by Gasteiger charge is -2.30. The van der Waals surface area contributed by atoms with E-state index in [1.165, 1.54) is 16.3 Å². The number of carbonyl (C=O) groups excluding carboxylic acids is 2. The summed E-state index contributed by atoms with van der Waals surface area (Å²) in [6, 6.07) is 13.6. The molecule has 0 unspecified atom stereocenters. The van der Waals surface area contributed by atoms with E-state index in [0.29, 0.717) is 17.9 Å². The van der Waals surface area contributed by atoms with Crippen molar-refractivity contribution in [1.29, 1.82) is 0 Å². The van der Waals surface area contributed by atoms with Crippen molar-refractivity contribution in [3.8, 4) is 5.75 Å². The van der Waals surface area contributed by atoms with Crippen molar-refractivity contribution < 1.29 is 22.7 Å². The van der Waals surface area contributed by atoms with E-state index in [1.807, 2.05) is 38.1 Å². The first kappa shape index (κ1) is 28.6. The Morgan fingerprint density at radius 1 is 1.09 bits per heavy atom. The molecule has 1 N–H and O–H groups in total. The molecule has 0 aliphatic rings. The van der Waals surface area contributed by atoms with Gasteiger partial charge in [0.05, 0.1) is 19.1 Å². The molecule has 0 bridgehead atoms. The number of ether oxygens (including phenoxy) is 1. The van der Waals surface area contributed by atoms with Crippen LogP contribution in [0.25, 0.3) is 0 Å². The van der Waals surface area contributed by atoms with E-state index in [2.05, 4.69) is 21.2 Å². The molecule has 2 aromatic carbocycles. The van der Waals surface area contributed by atoms with Crippen LogP contribution in [0.3, 0.4) is 0 Å². The second kappa shape index (κ2) is 12.9. The van der Waals surface area contributed by atoms with E-state index in [-0.39, 0.29) is 37.4 Å². The first-order valence-corrected chi connectivity index (χ1v) is 14.0. The quantitative estimate of drug-likeness (QED) is 0.419. The maximum absolute atomic E-state index is 13.3. The Morgan fingerprint density at radius 2 is 1.74 bits per heavy atom. The first-order chi connectivity index (χ1) is 16.4. The third kappa shape index (κ3) is 8.85. The van der Waals surface area contributed by atoms with E-state index in [1.54, 1.807) is 31.2 Å². The minimum atomic E-state index is -3.57. The highest BCUT2D eigenvalue weighted by atomic mass is 79.9. The van der Waals surface area contributed by atoms with Gasteiger partial charge in [0.15, 0.2) is 0 Å². The highest BCUT2D eigenvalue weighted by Crippen LogP contribution is 2.24. The topological polar surface area (TPSA) is 96.0 Å². The van der Waals surface area contributed by atoms with Crippen LogP contribution >= 0.6 is 15.9 Å². The Kier molecular flexibility index (Phi) is 10.6. The van der Waals surface area contributed by atoms with Gasteiger partial charge in [-0.25, -0.2) is 8.42 Å². The lowest BCUT2D eigenvalue weighted by molar-refractivity contribution is -0.140. The number of carbonyl (C=O) groups is 2. The molecule has 192 valence electrons. The van der Waals surface area contributed by atoms with Gasteiger partial charge in [-0.1, -0.05) is 34.1 Å². The molecule has 35 heavy (non-hydrogen) atoms.